The van der Waals surface area contributed by atoms with Crippen molar-refractivity contribution in [1.82, 2.24) is 5.32 Å². The molecule has 0 radical (unpaired) electrons. The van der Waals surface area contributed by atoms with Gasteiger partial charge in [0.1, 0.15) is 24.4 Å². The lowest BCUT2D eigenvalue weighted by Crippen LogP contribution is -2.60. The zero-order valence-corrected chi connectivity index (χ0v) is 52.2. The third-order valence-corrected chi connectivity index (χ3v) is 15.0. The molecule has 9 heteroatoms. The Balaban J connectivity index is 2.19. The van der Waals surface area contributed by atoms with Crippen LogP contribution in [0.2, 0.25) is 0 Å². The average Bonchev–Trinajstić information content (AvgIpc) is 3.59. The largest absolute Gasteiger partial charge is 0.394 e. The zero-order valence-electron chi connectivity index (χ0n) is 52.2. The predicted octanol–water partition coefficient (Wildman–Crippen LogP) is 18.0. The Bertz CT molecular complexity index is 1750. The second-order valence-corrected chi connectivity index (χ2v) is 22.5. The van der Waals surface area contributed by atoms with Crippen LogP contribution in [0.5, 0.6) is 0 Å². The van der Waals surface area contributed by atoms with Gasteiger partial charge in [-0.3, -0.25) is 4.79 Å². The van der Waals surface area contributed by atoms with Gasteiger partial charge in [-0.25, -0.2) is 0 Å². The molecule has 0 bridgehead atoms. The van der Waals surface area contributed by atoms with E-state index in [1.54, 1.807) is 6.08 Å². The van der Waals surface area contributed by atoms with Gasteiger partial charge in [0.05, 0.1) is 25.4 Å². The summed E-state index contributed by atoms with van der Waals surface area (Å²) in [5, 5.41) is 54.7. The average molecular weight is 1140 g/mol. The summed E-state index contributed by atoms with van der Waals surface area (Å²) in [6.45, 7) is 3.66. The van der Waals surface area contributed by atoms with Crippen LogP contribution in [-0.2, 0) is 14.3 Å². The van der Waals surface area contributed by atoms with E-state index >= 15 is 0 Å². The second-order valence-electron chi connectivity index (χ2n) is 22.5. The number of amides is 1. The number of allylic oxidation sites excluding steroid dienone is 21. The van der Waals surface area contributed by atoms with Crippen LogP contribution in [0.15, 0.2) is 134 Å². The summed E-state index contributed by atoms with van der Waals surface area (Å²) < 4.78 is 11.3. The number of rotatable bonds is 56. The number of hydrogen-bond acceptors (Lipinski definition) is 8. The minimum Gasteiger partial charge on any atom is -0.394 e. The van der Waals surface area contributed by atoms with E-state index in [9.17, 15) is 30.3 Å². The van der Waals surface area contributed by atoms with Gasteiger partial charge in [-0.15, -0.1) is 0 Å². The maximum Gasteiger partial charge on any atom is 0.220 e. The molecule has 7 atom stereocenters. The monoisotopic (exact) mass is 1140 g/mol. The van der Waals surface area contributed by atoms with Crippen molar-refractivity contribution < 1.29 is 39.8 Å². The molecular formula is C73H123NO8. The number of hydrogen-bond donors (Lipinski definition) is 6. The highest BCUT2D eigenvalue weighted by atomic mass is 16.7. The first-order chi connectivity index (χ1) is 40.3. The lowest BCUT2D eigenvalue weighted by molar-refractivity contribution is -0.302. The van der Waals surface area contributed by atoms with Gasteiger partial charge in [-0.2, -0.15) is 0 Å². The Morgan fingerprint density at radius 1 is 0.427 bits per heavy atom. The van der Waals surface area contributed by atoms with Crippen LogP contribution in [0.25, 0.3) is 0 Å². The van der Waals surface area contributed by atoms with E-state index in [1.807, 2.05) is 6.08 Å². The third kappa shape index (κ3) is 48.7. The third-order valence-electron chi connectivity index (χ3n) is 15.0. The molecule has 1 fully saturated rings. The molecule has 0 aliphatic carbocycles. The number of carbonyl (C=O) groups is 1. The first kappa shape index (κ1) is 76.3. The highest BCUT2D eigenvalue weighted by Crippen LogP contribution is 2.23. The van der Waals surface area contributed by atoms with Gasteiger partial charge in [0, 0.05) is 6.42 Å². The summed E-state index contributed by atoms with van der Waals surface area (Å²) in [4.78, 5) is 13.1. The van der Waals surface area contributed by atoms with Crippen molar-refractivity contribution in [2.75, 3.05) is 13.2 Å². The lowest BCUT2D eigenvalue weighted by atomic mass is 9.99. The molecule has 6 N–H and O–H groups in total. The van der Waals surface area contributed by atoms with Gasteiger partial charge in [0.25, 0.3) is 0 Å². The minimum atomic E-state index is -1.58. The Morgan fingerprint density at radius 3 is 1.17 bits per heavy atom. The van der Waals surface area contributed by atoms with E-state index in [0.29, 0.717) is 6.42 Å². The van der Waals surface area contributed by atoms with Crippen LogP contribution in [0.4, 0.5) is 0 Å². The summed E-state index contributed by atoms with van der Waals surface area (Å²) in [5.74, 6) is -0.197. The van der Waals surface area contributed by atoms with Crippen molar-refractivity contribution >= 4 is 5.91 Å². The molecule has 468 valence electrons. The fourth-order valence-corrected chi connectivity index (χ4v) is 9.75. The van der Waals surface area contributed by atoms with Crippen LogP contribution in [0.1, 0.15) is 264 Å². The van der Waals surface area contributed by atoms with Gasteiger partial charge in [-0.1, -0.05) is 289 Å². The van der Waals surface area contributed by atoms with Gasteiger partial charge < -0.3 is 40.3 Å². The maximum absolute atomic E-state index is 13.1. The molecule has 1 heterocycles. The summed E-state index contributed by atoms with van der Waals surface area (Å²) >= 11 is 0. The second kappa shape index (κ2) is 60.5. The maximum atomic E-state index is 13.1. The summed E-state index contributed by atoms with van der Waals surface area (Å²) in [6, 6.07) is -0.836. The summed E-state index contributed by atoms with van der Waals surface area (Å²) in [7, 11) is 0. The van der Waals surface area contributed by atoms with Crippen molar-refractivity contribution in [2.45, 2.75) is 307 Å². The number of nitrogens with one attached hydrogen (secondary N) is 1. The molecule has 82 heavy (non-hydrogen) atoms. The highest BCUT2D eigenvalue weighted by Gasteiger charge is 2.44. The fraction of sp³-hybridized carbons (Fsp3) is 0.685. The van der Waals surface area contributed by atoms with Crippen LogP contribution < -0.4 is 5.32 Å². The van der Waals surface area contributed by atoms with E-state index in [4.69, 9.17) is 9.47 Å². The first-order valence-corrected chi connectivity index (χ1v) is 33.4. The number of aliphatic hydroxyl groups excluding tert-OH is 5. The van der Waals surface area contributed by atoms with E-state index in [1.165, 1.54) is 135 Å². The van der Waals surface area contributed by atoms with E-state index in [-0.39, 0.29) is 12.5 Å². The van der Waals surface area contributed by atoms with Crippen molar-refractivity contribution in [3.63, 3.8) is 0 Å². The molecule has 0 aromatic heterocycles. The quantitative estimate of drug-likeness (QED) is 0.0261. The van der Waals surface area contributed by atoms with E-state index < -0.39 is 49.5 Å². The lowest BCUT2D eigenvalue weighted by Gasteiger charge is -2.40. The fourth-order valence-electron chi connectivity index (χ4n) is 9.75. The van der Waals surface area contributed by atoms with Crippen LogP contribution in [0, 0.1) is 0 Å². The Morgan fingerprint density at radius 2 is 0.768 bits per heavy atom. The SMILES string of the molecule is CC/C=C\C/C=C\C/C=C\C/C=C\C/C=C\C/C=C\C/C=C\C/C=C\C/C=C\CCCCCCCCCCCC(=O)NC(COC1OC(CO)C(O)C(O)C1O)C(O)/C=C/CC/C=C/CCCCCCCCCCCCCCCCCC. The number of aliphatic hydroxyl groups is 5. The van der Waals surface area contributed by atoms with Gasteiger partial charge in [-0.05, 0) is 103 Å². The molecule has 0 spiro atoms. The van der Waals surface area contributed by atoms with Gasteiger partial charge >= 0.3 is 0 Å². The van der Waals surface area contributed by atoms with Crippen LogP contribution >= 0.6 is 0 Å². The van der Waals surface area contributed by atoms with Crippen LogP contribution in [-0.4, -0.2) is 87.5 Å². The molecule has 1 rings (SSSR count). The van der Waals surface area contributed by atoms with E-state index in [2.05, 4.69) is 141 Å². The molecule has 0 saturated carbocycles. The van der Waals surface area contributed by atoms with Crippen molar-refractivity contribution in [2.24, 2.45) is 0 Å². The molecule has 1 aliphatic heterocycles. The Kier molecular flexibility index (Phi) is 56.3. The molecule has 9 nitrogen and oxygen atoms in total. The summed E-state index contributed by atoms with van der Waals surface area (Å²) in [5.41, 5.74) is 0. The normalized spacial score (nSPS) is 19.2. The molecule has 0 aromatic carbocycles. The summed E-state index contributed by atoms with van der Waals surface area (Å²) in [6.07, 6.45) is 85.3. The van der Waals surface area contributed by atoms with Gasteiger partial charge in [0.2, 0.25) is 5.91 Å². The van der Waals surface area contributed by atoms with Crippen LogP contribution in [0.3, 0.4) is 0 Å². The molecule has 7 unspecified atom stereocenters. The topological polar surface area (TPSA) is 149 Å². The Labute approximate surface area is 502 Å². The molecule has 1 amide bonds. The minimum absolute atomic E-state index is 0.197. The standard InChI is InChI=1S/C73H123NO8/c1-3-5-7-9-11-13-15-17-19-21-23-25-27-28-29-30-31-32-33-34-35-36-37-38-39-40-41-43-45-47-49-51-53-55-57-59-61-63-69(77)74-66(65-81-73-72(80)71(79)70(78)68(64-75)82-73)67(76)62-60-58-56-54-52-50-48-46-44-42-26-24-22-20-18-16-14-12-10-8-6-4-2/h5,7,11,13,17,19,23,25,28-29,31-32,34-35,37-38,40-41,52,54,60,62,66-68,70-73,75-76,78-80H,3-4,6,8-10,12,14-16,18,20-22,24,26-27,30,33,36,39,42-51,53,55-59,61,63-65H2,1-2H3,(H,74,77)/b7-5-,13-11-,19-17-,25-23-,29-28-,32-31-,35-34-,38-37-,41-40-,54-52+,62-60+. The highest BCUT2D eigenvalue weighted by molar-refractivity contribution is 5.76. The molecular weight excluding hydrogens is 1020 g/mol. The molecule has 0 aromatic rings. The Hall–Kier alpha value is -3.67. The molecule has 1 saturated heterocycles. The van der Waals surface area contributed by atoms with Crippen molar-refractivity contribution in [3.05, 3.63) is 134 Å². The molecule has 1 aliphatic rings. The van der Waals surface area contributed by atoms with Gasteiger partial charge in [0.15, 0.2) is 6.29 Å². The predicted molar refractivity (Wildman–Crippen MR) is 350 cm³/mol. The van der Waals surface area contributed by atoms with Crippen molar-refractivity contribution in [1.29, 1.82) is 0 Å². The number of unbranched alkanes of at least 4 members (excludes halogenated alkanes) is 26. The number of ether oxygens (including phenoxy) is 2. The van der Waals surface area contributed by atoms with E-state index in [0.717, 1.165) is 109 Å². The number of carbonyl (C=O) groups excluding carboxylic acids is 1. The first-order valence-electron chi connectivity index (χ1n) is 33.4. The smallest absolute Gasteiger partial charge is 0.220 e. The zero-order chi connectivity index (χ0) is 59.3. The van der Waals surface area contributed by atoms with Crippen molar-refractivity contribution in [3.8, 4) is 0 Å².